The summed E-state index contributed by atoms with van der Waals surface area (Å²) < 4.78 is 44.0. The standard InChI is InChI=1S/C25H26N4.C24H23N3O.C23H22FN3.C22H20FN3O.C21H19N3/c1-18-5-3-6-20(15-18)25-22(7-4-12-26-25)19-8-9-23-24(16-19)29(17-27-23)21-10-13-28(2)14-11-21;1-17-4-2-5-19(14-17)24-21(6-3-11-25-24)18-7-8-22-23(15-18)27(16-26-22)20-9-12-28-13-10-20;1-3-4-12-27-15-26-21-10-8-17(14-22(21)27)19-6-5-11-25-23(19)18-7-9-20(24)16(2)13-18;1-15-12-17(5-7-19(15)23)22-18(4-2-9-24-22)16-6-8-20-21(13-16)26(14-25-20)10-3-11-27;1-3-24-14-23-19-10-9-16(13-20(19)24)18-8-5-11-22-21(18)17-7-4-6-15(2)12-17/h3-9,12,15-17,21H,10-11,13-14H2,1-2H3;2-8,11,14-16,20H,9-10,12-13H2,1H3;5-11,13-15H,3-4,12H2,1-2H3;2,4-9,12-14,27H,3,10-11H2,1H3;4-14H,3H2,1-2H3. The third-order valence-corrected chi connectivity index (χ3v) is 25.7. The number of likely N-dealkylation sites (tertiary alicyclic amines) is 1. The molecule has 1 N–H and O–H groups in total. The van der Waals surface area contributed by atoms with Crippen molar-refractivity contribution in [2.45, 2.75) is 125 Å². The van der Waals surface area contributed by atoms with Crippen molar-refractivity contribution >= 4 is 55.2 Å². The van der Waals surface area contributed by atoms with Crippen LogP contribution in [-0.4, -0.2) is 123 Å². The Morgan fingerprint density at radius 1 is 0.319 bits per heavy atom. The van der Waals surface area contributed by atoms with Crippen molar-refractivity contribution < 1.29 is 18.6 Å². The Hall–Kier alpha value is -15.0. The van der Waals surface area contributed by atoms with Crippen molar-refractivity contribution in [3.8, 4) is 112 Å². The predicted octanol–water partition coefficient (Wildman–Crippen LogP) is 26.5. The molecule has 0 bridgehead atoms. The third-order valence-electron chi connectivity index (χ3n) is 25.7. The maximum Gasteiger partial charge on any atom is 0.126 e. The van der Waals surface area contributed by atoms with Gasteiger partial charge in [-0.05, 0) is 285 Å². The lowest BCUT2D eigenvalue weighted by molar-refractivity contribution is 0.0706. The van der Waals surface area contributed by atoms with E-state index in [0.717, 1.165) is 204 Å². The molecule has 0 aliphatic carbocycles. The first-order valence-electron chi connectivity index (χ1n) is 46.7. The lowest BCUT2D eigenvalue weighted by atomic mass is 9.98. The van der Waals surface area contributed by atoms with Gasteiger partial charge in [0.1, 0.15) is 11.6 Å². The summed E-state index contributed by atoms with van der Waals surface area (Å²) in [6.07, 6.45) is 26.1. The highest BCUT2D eigenvalue weighted by Crippen LogP contribution is 2.41. The highest BCUT2D eigenvalue weighted by molar-refractivity contribution is 5.93. The number of ether oxygens (including phenoxy) is 1. The molecule has 135 heavy (non-hydrogen) atoms. The molecule has 10 aromatic carbocycles. The number of nitrogens with zero attached hydrogens (tertiary/aromatic N) is 16. The Balaban J connectivity index is 0.000000113. The van der Waals surface area contributed by atoms with E-state index in [1.54, 1.807) is 44.7 Å². The normalized spacial score (nSPS) is 13.0. The van der Waals surface area contributed by atoms with Gasteiger partial charge < -0.3 is 37.6 Å². The van der Waals surface area contributed by atoms with E-state index < -0.39 is 0 Å². The fourth-order valence-corrected chi connectivity index (χ4v) is 18.4. The van der Waals surface area contributed by atoms with Crippen LogP contribution < -0.4 is 0 Å². The van der Waals surface area contributed by atoms with Crippen LogP contribution in [0.5, 0.6) is 0 Å². The van der Waals surface area contributed by atoms with Crippen molar-refractivity contribution in [2.24, 2.45) is 0 Å². The molecule has 2 aliphatic heterocycles. The average molecular weight is 1790 g/mol. The Bertz CT molecular complexity index is 7380. The number of rotatable bonds is 19. The van der Waals surface area contributed by atoms with E-state index in [2.05, 4.69) is 281 Å². The van der Waals surface area contributed by atoms with E-state index in [-0.39, 0.29) is 18.2 Å². The first kappa shape index (κ1) is 90.6. The molecule has 0 atom stereocenters. The van der Waals surface area contributed by atoms with Crippen molar-refractivity contribution in [3.63, 3.8) is 0 Å². The molecule has 676 valence electrons. The molecule has 10 aromatic heterocycles. The van der Waals surface area contributed by atoms with Gasteiger partial charge in [0.2, 0.25) is 0 Å². The monoisotopic (exact) mass is 1780 g/mol. The first-order valence-corrected chi connectivity index (χ1v) is 46.7. The van der Waals surface area contributed by atoms with Crippen LogP contribution in [0.4, 0.5) is 8.78 Å². The van der Waals surface area contributed by atoms with E-state index in [0.29, 0.717) is 36.2 Å². The molecule has 2 fully saturated rings. The maximum absolute atomic E-state index is 13.7. The van der Waals surface area contributed by atoms with Gasteiger partial charge in [-0.25, -0.2) is 33.7 Å². The number of fused-ring (bicyclic) bond motifs is 5. The molecule has 0 amide bonds. The van der Waals surface area contributed by atoms with Crippen molar-refractivity contribution in [2.75, 3.05) is 40.0 Å². The Kier molecular flexibility index (Phi) is 28.1. The van der Waals surface area contributed by atoms with Gasteiger partial charge in [0.05, 0.1) is 115 Å². The number of pyridine rings is 5. The fourth-order valence-electron chi connectivity index (χ4n) is 18.4. The minimum atomic E-state index is -0.217. The van der Waals surface area contributed by atoms with Crippen LogP contribution in [0.25, 0.3) is 167 Å². The number of aromatic nitrogens is 15. The Morgan fingerprint density at radius 3 is 0.970 bits per heavy atom. The van der Waals surface area contributed by atoms with Gasteiger partial charge in [-0.15, -0.1) is 0 Å². The molecular weight excluding hydrogens is 1680 g/mol. The fraction of sp³-hybridized carbons (Fsp3) is 0.217. The number of aryl methyl sites for hydroxylation is 8. The van der Waals surface area contributed by atoms with Crippen LogP contribution in [0, 0.1) is 46.3 Å². The number of aliphatic hydroxyl groups is 1. The van der Waals surface area contributed by atoms with Crippen LogP contribution in [0.3, 0.4) is 0 Å². The van der Waals surface area contributed by atoms with E-state index >= 15 is 0 Å². The number of piperidine rings is 1. The molecule has 20 heteroatoms. The number of hydrogen-bond donors (Lipinski definition) is 1. The van der Waals surface area contributed by atoms with Gasteiger partial charge in [-0.1, -0.05) is 145 Å². The van der Waals surface area contributed by atoms with Gasteiger partial charge in [0, 0.05) is 138 Å². The average Bonchev–Trinajstić information content (AvgIpc) is 1.61. The molecule has 0 unspecified atom stereocenters. The van der Waals surface area contributed by atoms with Gasteiger partial charge >= 0.3 is 0 Å². The molecule has 2 aliphatic rings. The summed E-state index contributed by atoms with van der Waals surface area (Å²) in [6.45, 7) is 20.9. The van der Waals surface area contributed by atoms with Gasteiger partial charge in [0.15, 0.2) is 0 Å². The van der Waals surface area contributed by atoms with Gasteiger partial charge in [0.25, 0.3) is 0 Å². The van der Waals surface area contributed by atoms with Crippen molar-refractivity contribution in [1.82, 2.24) is 77.6 Å². The number of benzene rings is 10. The van der Waals surface area contributed by atoms with Crippen LogP contribution in [0.15, 0.2) is 323 Å². The van der Waals surface area contributed by atoms with Crippen LogP contribution in [0.2, 0.25) is 0 Å². The zero-order valence-electron chi connectivity index (χ0n) is 77.6. The number of halogens is 2. The van der Waals surface area contributed by atoms with Gasteiger partial charge in [-0.3, -0.25) is 24.9 Å². The topological polar surface area (TPSA) is 186 Å². The number of hydrogen-bond acceptors (Lipinski definition) is 13. The van der Waals surface area contributed by atoms with Crippen LogP contribution in [-0.2, 0) is 24.4 Å². The first-order chi connectivity index (χ1) is 66.1. The Labute approximate surface area is 786 Å². The molecular formula is C115H110F2N16O2. The Morgan fingerprint density at radius 2 is 0.630 bits per heavy atom. The lowest BCUT2D eigenvalue weighted by Crippen LogP contribution is -2.31. The summed E-state index contributed by atoms with van der Waals surface area (Å²) in [5.41, 5.74) is 36.8. The summed E-state index contributed by atoms with van der Waals surface area (Å²) in [6, 6.07) is 89.2. The van der Waals surface area contributed by atoms with E-state index in [4.69, 9.17) is 19.8 Å². The minimum absolute atomic E-state index is 0.149. The molecule has 22 rings (SSSR count). The van der Waals surface area contributed by atoms with E-state index in [1.807, 2.05) is 109 Å². The second-order valence-electron chi connectivity index (χ2n) is 35.1. The summed E-state index contributed by atoms with van der Waals surface area (Å²) in [5, 5.41) is 9.11. The highest BCUT2D eigenvalue weighted by atomic mass is 19.1. The smallest absolute Gasteiger partial charge is 0.126 e. The number of aliphatic hydroxyl groups excluding tert-OH is 1. The third kappa shape index (κ3) is 20.5. The molecule has 20 aromatic rings. The van der Waals surface area contributed by atoms with E-state index in [9.17, 15) is 8.78 Å². The second kappa shape index (κ2) is 41.9. The molecule has 0 radical (unpaired) electrons. The van der Waals surface area contributed by atoms with E-state index in [1.165, 1.54) is 69.4 Å². The summed E-state index contributed by atoms with van der Waals surface area (Å²) in [5.74, 6) is -0.414. The molecule has 18 nitrogen and oxygen atoms in total. The zero-order valence-corrected chi connectivity index (χ0v) is 77.6. The number of unbranched alkanes of at least 4 members (excludes halogenated alkanes) is 1. The second-order valence-corrected chi connectivity index (χ2v) is 35.1. The van der Waals surface area contributed by atoms with Crippen LogP contribution in [0.1, 0.15) is 98.7 Å². The highest BCUT2D eigenvalue weighted by Gasteiger charge is 2.24. The van der Waals surface area contributed by atoms with Crippen LogP contribution >= 0.6 is 0 Å². The molecule has 2 saturated heterocycles. The minimum Gasteiger partial charge on any atom is -0.396 e. The van der Waals surface area contributed by atoms with Gasteiger partial charge in [-0.2, -0.15) is 0 Å². The molecule has 0 spiro atoms. The van der Waals surface area contributed by atoms with Crippen molar-refractivity contribution in [1.29, 1.82) is 0 Å². The summed E-state index contributed by atoms with van der Waals surface area (Å²) in [7, 11) is 2.20. The summed E-state index contributed by atoms with van der Waals surface area (Å²) in [4.78, 5) is 48.4. The predicted molar refractivity (Wildman–Crippen MR) is 543 cm³/mol. The summed E-state index contributed by atoms with van der Waals surface area (Å²) >= 11 is 0. The zero-order chi connectivity index (χ0) is 92.8. The maximum atomic E-state index is 13.7. The quantitative estimate of drug-likeness (QED) is 0.0807. The SMILES string of the molecule is CCCCn1cnc2ccc(-c3cccnc3-c3ccc(F)c(C)c3)cc21.CCn1cnc2ccc(-c3cccnc3-c3cccc(C)c3)cc21.Cc1cc(-c2ncccc2-c2ccc3ncn(CCCO)c3c2)ccc1F.Cc1cccc(-c2ncccc2-c2ccc3ncn(C4CCN(C)CC4)c3c2)c1.Cc1cccc(-c2ncccc2-c2ccc3ncn(C4CCOCC4)c3c2)c1. The number of imidazole rings is 5. The van der Waals surface area contributed by atoms with Crippen molar-refractivity contribution in [3.05, 3.63) is 363 Å². The molecule has 0 saturated carbocycles. The lowest BCUT2D eigenvalue weighted by Gasteiger charge is -2.30. The molecule has 12 heterocycles. The largest absolute Gasteiger partial charge is 0.396 e.